The Balaban J connectivity index is 1.27. The predicted octanol–water partition coefficient (Wildman–Crippen LogP) is 3.78. The van der Waals surface area contributed by atoms with Gasteiger partial charge in [0, 0.05) is 40.8 Å². The van der Waals surface area contributed by atoms with Crippen LogP contribution in [0, 0.1) is 5.41 Å². The second-order valence-electron chi connectivity index (χ2n) is 9.34. The van der Waals surface area contributed by atoms with Gasteiger partial charge < -0.3 is 15.4 Å². The van der Waals surface area contributed by atoms with Crippen molar-refractivity contribution in [1.29, 1.82) is 0 Å². The number of aromatic amines is 1. The van der Waals surface area contributed by atoms with E-state index in [2.05, 4.69) is 37.9 Å². The summed E-state index contributed by atoms with van der Waals surface area (Å²) in [5, 5.41) is 14.1. The summed E-state index contributed by atoms with van der Waals surface area (Å²) in [6.07, 6.45) is 9.71. The third-order valence-electron chi connectivity index (χ3n) is 7.20. The number of amides is 1. The molecule has 2 aromatic heterocycles. The molecule has 0 aromatic carbocycles. The number of nitrogens with zero attached hydrogens (tertiary/aromatic N) is 2. The molecule has 4 fully saturated rings. The van der Waals surface area contributed by atoms with E-state index < -0.39 is 0 Å². The number of carbonyl (C=O) groups is 1. The molecule has 4 aliphatic carbocycles. The summed E-state index contributed by atoms with van der Waals surface area (Å²) >= 11 is 0. The lowest BCUT2D eigenvalue weighted by molar-refractivity contribution is -0.154. The molecule has 7 nitrogen and oxygen atoms in total. The van der Waals surface area contributed by atoms with Gasteiger partial charge in [0.15, 0.2) is 5.82 Å². The zero-order valence-electron chi connectivity index (χ0n) is 15.8. The van der Waals surface area contributed by atoms with E-state index >= 15 is 0 Å². The monoisotopic (exact) mass is 379 g/mol. The van der Waals surface area contributed by atoms with Crippen LogP contribution >= 0.6 is 0 Å². The van der Waals surface area contributed by atoms with Crippen molar-refractivity contribution in [2.24, 2.45) is 5.41 Å². The van der Waals surface area contributed by atoms with Crippen LogP contribution in [0.1, 0.15) is 62.3 Å². The Bertz CT molecular complexity index is 919. The first-order valence-corrected chi connectivity index (χ1v) is 10.3. The number of aromatic nitrogens is 3. The molecule has 4 saturated carbocycles. The minimum absolute atomic E-state index is 0.00433. The Morgan fingerprint density at radius 1 is 1.18 bits per heavy atom. The largest absolute Gasteiger partial charge is 0.446 e. The van der Waals surface area contributed by atoms with Crippen molar-refractivity contribution < 1.29 is 9.53 Å². The number of carbonyl (C=O) groups excluding carboxylic acids is 1. The van der Waals surface area contributed by atoms with Crippen molar-refractivity contribution in [2.75, 3.05) is 5.32 Å². The van der Waals surface area contributed by atoms with Gasteiger partial charge in [0.05, 0.1) is 0 Å². The Morgan fingerprint density at radius 2 is 2.07 bits per heavy atom. The number of alkyl carbamates (subject to hydrolysis) is 1. The SMILES string of the molecule is O=C1NC23CC(CCc4cc(ccn4)Nc4cc([nH]n4)[C@H]4CC[C@H](C4)O1)(C2)C3. The highest BCUT2D eigenvalue weighted by molar-refractivity contribution is 5.69. The average molecular weight is 379 g/mol. The second kappa shape index (κ2) is 5.72. The van der Waals surface area contributed by atoms with Gasteiger partial charge in [0.1, 0.15) is 6.10 Å². The number of nitrogens with one attached hydrogen (secondary N) is 3. The molecule has 0 radical (unpaired) electrons. The Hall–Kier alpha value is -2.57. The third-order valence-corrected chi connectivity index (χ3v) is 7.20. The van der Waals surface area contributed by atoms with Crippen LogP contribution < -0.4 is 10.6 Å². The van der Waals surface area contributed by atoms with Crippen LogP contribution in [0.4, 0.5) is 16.3 Å². The number of ether oxygens (including phenoxy) is 1. The molecule has 5 heterocycles. The van der Waals surface area contributed by atoms with Crippen LogP contribution in [0.3, 0.4) is 0 Å². The summed E-state index contributed by atoms with van der Waals surface area (Å²) in [5.41, 5.74) is 3.62. The van der Waals surface area contributed by atoms with Gasteiger partial charge in [-0.25, -0.2) is 4.79 Å². The summed E-state index contributed by atoms with van der Waals surface area (Å²) in [6, 6.07) is 6.18. The van der Waals surface area contributed by atoms with Crippen molar-refractivity contribution in [3.8, 4) is 0 Å². The van der Waals surface area contributed by atoms with Crippen LogP contribution in [-0.4, -0.2) is 32.9 Å². The van der Waals surface area contributed by atoms with Gasteiger partial charge in [0.2, 0.25) is 0 Å². The molecule has 28 heavy (non-hydrogen) atoms. The fourth-order valence-corrected chi connectivity index (χ4v) is 5.97. The Labute approximate surface area is 163 Å². The van der Waals surface area contributed by atoms with E-state index in [1.54, 1.807) is 0 Å². The van der Waals surface area contributed by atoms with Crippen molar-refractivity contribution in [3.05, 3.63) is 35.8 Å². The van der Waals surface area contributed by atoms with E-state index in [9.17, 15) is 4.79 Å². The second-order valence-corrected chi connectivity index (χ2v) is 9.34. The maximum absolute atomic E-state index is 12.4. The lowest BCUT2D eigenvalue weighted by Gasteiger charge is -2.70. The molecule has 1 amide bonds. The summed E-state index contributed by atoms with van der Waals surface area (Å²) in [6.45, 7) is 0. The highest BCUT2D eigenvalue weighted by Crippen LogP contribution is 2.69. The molecule has 3 aliphatic heterocycles. The predicted molar refractivity (Wildman–Crippen MR) is 103 cm³/mol. The summed E-state index contributed by atoms with van der Waals surface area (Å²) in [7, 11) is 0. The first kappa shape index (κ1) is 16.4. The number of hydrogen-bond donors (Lipinski definition) is 3. The fourth-order valence-electron chi connectivity index (χ4n) is 5.97. The molecule has 7 heteroatoms. The number of H-pyrrole nitrogens is 1. The molecule has 9 rings (SSSR count). The molecule has 0 unspecified atom stereocenters. The molecule has 0 saturated heterocycles. The lowest BCUT2D eigenvalue weighted by Crippen LogP contribution is -2.74. The first-order chi connectivity index (χ1) is 13.6. The van der Waals surface area contributed by atoms with Crippen molar-refractivity contribution in [2.45, 2.75) is 68.9 Å². The molecule has 2 aromatic rings. The van der Waals surface area contributed by atoms with E-state index in [-0.39, 0.29) is 17.7 Å². The van der Waals surface area contributed by atoms with Crippen LogP contribution in [-0.2, 0) is 11.2 Å². The molecule has 0 spiro atoms. The summed E-state index contributed by atoms with van der Waals surface area (Å²) < 4.78 is 5.74. The third kappa shape index (κ3) is 2.67. The quantitative estimate of drug-likeness (QED) is 0.648. The fraction of sp³-hybridized carbons (Fsp3) is 0.571. The van der Waals surface area contributed by atoms with E-state index in [0.29, 0.717) is 11.3 Å². The highest BCUT2D eigenvalue weighted by atomic mass is 16.6. The van der Waals surface area contributed by atoms with Gasteiger partial charge in [-0.2, -0.15) is 5.10 Å². The summed E-state index contributed by atoms with van der Waals surface area (Å²) in [5.74, 6) is 1.17. The topological polar surface area (TPSA) is 91.9 Å². The number of rotatable bonds is 0. The van der Waals surface area contributed by atoms with Gasteiger partial charge in [-0.1, -0.05) is 0 Å². The van der Waals surface area contributed by atoms with Crippen LogP contribution in [0.25, 0.3) is 0 Å². The standard InChI is InChI=1S/C21H25N5O2/c27-19-24-21-10-20(11-21,12-21)5-3-14-8-15(4-6-22-14)23-18-9-17(25-26-18)13-1-2-16(7-13)28-19/h4,6,8-9,13,16H,1-3,5,7,10-12H2,(H,24,27)(H2,23,25,26)/t13-,16+,20?,21?/m0/s1. The number of aryl methyl sites for hydroxylation is 1. The Kier molecular flexibility index (Phi) is 3.35. The normalized spacial score (nSPS) is 35.9. The van der Waals surface area contributed by atoms with Gasteiger partial charge >= 0.3 is 6.09 Å². The smallest absolute Gasteiger partial charge is 0.407 e. The van der Waals surface area contributed by atoms with Crippen molar-refractivity contribution >= 4 is 17.6 Å². The van der Waals surface area contributed by atoms with Gasteiger partial charge in [-0.05, 0) is 68.9 Å². The Morgan fingerprint density at radius 3 is 2.96 bits per heavy atom. The van der Waals surface area contributed by atoms with E-state index in [1.165, 1.54) is 0 Å². The molecular weight excluding hydrogens is 354 g/mol. The number of pyridine rings is 1. The number of anilines is 2. The van der Waals surface area contributed by atoms with E-state index in [0.717, 1.165) is 74.3 Å². The molecule has 146 valence electrons. The van der Waals surface area contributed by atoms with Gasteiger partial charge in [-0.3, -0.25) is 10.1 Å². The van der Waals surface area contributed by atoms with Crippen molar-refractivity contribution in [3.63, 3.8) is 0 Å². The maximum atomic E-state index is 12.4. The highest BCUT2D eigenvalue weighted by Gasteiger charge is 2.68. The summed E-state index contributed by atoms with van der Waals surface area (Å²) in [4.78, 5) is 16.9. The zero-order chi connectivity index (χ0) is 18.8. The van der Waals surface area contributed by atoms with Crippen LogP contribution in [0.5, 0.6) is 0 Å². The average Bonchev–Trinajstić information content (AvgIpc) is 3.25. The molecule has 7 aliphatic rings. The first-order valence-electron chi connectivity index (χ1n) is 10.3. The van der Waals surface area contributed by atoms with Crippen molar-refractivity contribution in [1.82, 2.24) is 20.5 Å². The van der Waals surface area contributed by atoms with Gasteiger partial charge in [-0.15, -0.1) is 0 Å². The molecule has 2 atom stereocenters. The van der Waals surface area contributed by atoms with Gasteiger partial charge in [0.25, 0.3) is 0 Å². The van der Waals surface area contributed by atoms with Crippen LogP contribution in [0.15, 0.2) is 24.4 Å². The number of hydrogen-bond acceptors (Lipinski definition) is 5. The zero-order valence-corrected chi connectivity index (χ0v) is 15.8. The minimum Gasteiger partial charge on any atom is -0.446 e. The van der Waals surface area contributed by atoms with E-state index in [4.69, 9.17) is 4.74 Å². The molecule has 8 bridgehead atoms. The lowest BCUT2D eigenvalue weighted by atomic mass is 9.38. The molecule has 3 N–H and O–H groups in total. The van der Waals surface area contributed by atoms with E-state index in [1.807, 2.05) is 12.3 Å². The minimum atomic E-state index is -0.235. The maximum Gasteiger partial charge on any atom is 0.407 e. The van der Waals surface area contributed by atoms with Crippen LogP contribution in [0.2, 0.25) is 0 Å². The molecular formula is C21H25N5O2.